The van der Waals surface area contributed by atoms with Crippen LogP contribution in [0.5, 0.6) is 0 Å². The van der Waals surface area contributed by atoms with Crippen LogP contribution in [0.2, 0.25) is 5.02 Å². The first-order valence-corrected chi connectivity index (χ1v) is 9.45. The fourth-order valence-corrected chi connectivity index (χ4v) is 3.52. The molecule has 0 bridgehead atoms. The van der Waals surface area contributed by atoms with Gasteiger partial charge in [0.25, 0.3) is 0 Å². The van der Waals surface area contributed by atoms with Crippen molar-refractivity contribution >= 4 is 23.4 Å². The second-order valence-electron chi connectivity index (χ2n) is 5.79. The van der Waals surface area contributed by atoms with Gasteiger partial charge >= 0.3 is 0 Å². The Morgan fingerprint density at radius 2 is 1.93 bits per heavy atom. The molecule has 2 heterocycles. The van der Waals surface area contributed by atoms with Crippen LogP contribution in [-0.4, -0.2) is 19.7 Å². The number of nitrogens with zero attached hydrogens (tertiary/aromatic N) is 4. The molecule has 0 amide bonds. The van der Waals surface area contributed by atoms with Gasteiger partial charge in [0, 0.05) is 23.2 Å². The number of hydrogen-bond acceptors (Lipinski definition) is 5. The Labute approximate surface area is 164 Å². The van der Waals surface area contributed by atoms with Crippen molar-refractivity contribution in [2.24, 2.45) is 7.05 Å². The number of benzene rings is 2. The lowest BCUT2D eigenvalue weighted by atomic mass is 10.2. The molecule has 27 heavy (non-hydrogen) atoms. The maximum Gasteiger partial charge on any atom is 0.205 e. The molecule has 0 N–H and O–H groups in total. The normalized spacial score (nSPS) is 11.1. The molecule has 5 nitrogen and oxygen atoms in total. The highest BCUT2D eigenvalue weighted by Gasteiger charge is 2.13. The fraction of sp³-hybridized carbons (Fsp3) is 0.105. The van der Waals surface area contributed by atoms with E-state index in [1.165, 1.54) is 23.9 Å². The Bertz CT molecular complexity index is 1080. The third-order valence-electron chi connectivity index (χ3n) is 3.92. The minimum atomic E-state index is -0.282. The third kappa shape index (κ3) is 3.89. The highest BCUT2D eigenvalue weighted by atomic mass is 35.5. The number of aromatic nitrogens is 4. The summed E-state index contributed by atoms with van der Waals surface area (Å²) in [5, 5.41) is 9.76. The molecule has 0 saturated heterocycles. The Morgan fingerprint density at radius 1 is 1.11 bits per heavy atom. The van der Waals surface area contributed by atoms with Crippen LogP contribution < -0.4 is 0 Å². The van der Waals surface area contributed by atoms with E-state index in [0.29, 0.717) is 28.3 Å². The first-order valence-electron chi connectivity index (χ1n) is 8.09. The van der Waals surface area contributed by atoms with Crippen LogP contribution in [0.4, 0.5) is 4.39 Å². The summed E-state index contributed by atoms with van der Waals surface area (Å²) in [5.41, 5.74) is 1.68. The summed E-state index contributed by atoms with van der Waals surface area (Å²) >= 11 is 7.48. The largest absolute Gasteiger partial charge is 0.440 e. The van der Waals surface area contributed by atoms with Crippen molar-refractivity contribution in [3.05, 3.63) is 71.5 Å². The van der Waals surface area contributed by atoms with E-state index in [-0.39, 0.29) is 5.82 Å². The Balaban J connectivity index is 1.47. The topological polar surface area (TPSA) is 56.7 Å². The van der Waals surface area contributed by atoms with E-state index in [2.05, 4.69) is 15.2 Å². The van der Waals surface area contributed by atoms with E-state index in [4.69, 9.17) is 16.0 Å². The summed E-state index contributed by atoms with van der Waals surface area (Å²) in [5.74, 6) is 2.15. The molecule has 0 spiro atoms. The summed E-state index contributed by atoms with van der Waals surface area (Å²) in [4.78, 5) is 4.31. The molecule has 0 atom stereocenters. The molecule has 0 aliphatic heterocycles. The van der Waals surface area contributed by atoms with Gasteiger partial charge in [-0.3, -0.25) is 0 Å². The molecular weight excluding hydrogens is 387 g/mol. The van der Waals surface area contributed by atoms with Crippen molar-refractivity contribution in [2.75, 3.05) is 0 Å². The van der Waals surface area contributed by atoms with Gasteiger partial charge < -0.3 is 8.98 Å². The van der Waals surface area contributed by atoms with Crippen molar-refractivity contribution in [2.45, 2.75) is 10.9 Å². The highest BCUT2D eigenvalue weighted by Crippen LogP contribution is 2.28. The molecule has 2 aromatic carbocycles. The molecule has 0 aliphatic rings. The maximum atomic E-state index is 13.1. The van der Waals surface area contributed by atoms with E-state index in [1.54, 1.807) is 18.3 Å². The molecule has 8 heteroatoms. The fourth-order valence-electron chi connectivity index (χ4n) is 2.57. The van der Waals surface area contributed by atoms with Crippen LogP contribution in [0.3, 0.4) is 0 Å². The maximum absolute atomic E-state index is 13.1. The van der Waals surface area contributed by atoms with Gasteiger partial charge in [0.2, 0.25) is 5.89 Å². The summed E-state index contributed by atoms with van der Waals surface area (Å²) in [6, 6.07) is 13.6. The molecule has 0 saturated carbocycles. The minimum absolute atomic E-state index is 0.282. The van der Waals surface area contributed by atoms with E-state index in [0.717, 1.165) is 16.3 Å². The van der Waals surface area contributed by atoms with Crippen LogP contribution in [0.1, 0.15) is 5.89 Å². The van der Waals surface area contributed by atoms with Crippen molar-refractivity contribution in [1.29, 1.82) is 0 Å². The first kappa shape index (κ1) is 17.8. The van der Waals surface area contributed by atoms with Crippen LogP contribution in [0.15, 0.2) is 64.3 Å². The summed E-state index contributed by atoms with van der Waals surface area (Å²) < 4.78 is 20.8. The van der Waals surface area contributed by atoms with Crippen LogP contribution >= 0.6 is 23.4 Å². The average molecular weight is 401 g/mol. The Hall–Kier alpha value is -2.64. The van der Waals surface area contributed by atoms with E-state index in [1.807, 2.05) is 35.9 Å². The SMILES string of the molecule is Cn1c(SCc2ncc(-c3cccc(Cl)c3)o2)nnc1-c1ccc(F)cc1. The minimum Gasteiger partial charge on any atom is -0.440 e. The zero-order chi connectivity index (χ0) is 18.8. The van der Waals surface area contributed by atoms with Gasteiger partial charge in [-0.1, -0.05) is 35.5 Å². The van der Waals surface area contributed by atoms with Crippen LogP contribution in [0.25, 0.3) is 22.7 Å². The summed E-state index contributed by atoms with van der Waals surface area (Å²) in [6.45, 7) is 0. The Kier molecular flexibility index (Phi) is 4.96. The standard InChI is InChI=1S/C19H14ClFN4OS/c1-25-18(12-5-7-15(21)8-6-12)23-24-19(25)27-11-17-22-10-16(26-17)13-3-2-4-14(20)9-13/h2-10H,11H2,1H3. The number of rotatable bonds is 5. The molecule has 0 fully saturated rings. The number of hydrogen-bond donors (Lipinski definition) is 0. The van der Waals surface area contributed by atoms with Gasteiger partial charge in [-0.25, -0.2) is 9.37 Å². The highest BCUT2D eigenvalue weighted by molar-refractivity contribution is 7.98. The van der Waals surface area contributed by atoms with Gasteiger partial charge in [-0.2, -0.15) is 0 Å². The van der Waals surface area contributed by atoms with E-state index < -0.39 is 0 Å². The molecule has 4 aromatic rings. The van der Waals surface area contributed by atoms with Gasteiger partial charge in [-0.15, -0.1) is 10.2 Å². The summed E-state index contributed by atoms with van der Waals surface area (Å²) in [6.07, 6.45) is 1.68. The quantitative estimate of drug-likeness (QED) is 0.430. The summed E-state index contributed by atoms with van der Waals surface area (Å²) in [7, 11) is 1.87. The first-order chi connectivity index (χ1) is 13.1. The zero-order valence-electron chi connectivity index (χ0n) is 14.3. The van der Waals surface area contributed by atoms with Gasteiger partial charge in [-0.05, 0) is 36.4 Å². The monoisotopic (exact) mass is 400 g/mol. The van der Waals surface area contributed by atoms with Crippen molar-refractivity contribution in [1.82, 2.24) is 19.7 Å². The molecular formula is C19H14ClFN4OS. The second kappa shape index (κ2) is 7.54. The molecule has 4 rings (SSSR count). The number of halogens is 2. The predicted octanol–water partition coefficient (Wildman–Crippen LogP) is 5.22. The van der Waals surface area contributed by atoms with Gasteiger partial charge in [0.05, 0.1) is 11.9 Å². The molecule has 0 aliphatic carbocycles. The van der Waals surface area contributed by atoms with Gasteiger partial charge in [0.15, 0.2) is 16.7 Å². The van der Waals surface area contributed by atoms with E-state index >= 15 is 0 Å². The molecule has 0 radical (unpaired) electrons. The lowest BCUT2D eigenvalue weighted by Gasteiger charge is -2.03. The van der Waals surface area contributed by atoms with Crippen molar-refractivity contribution in [3.8, 4) is 22.7 Å². The lowest BCUT2D eigenvalue weighted by Crippen LogP contribution is -1.95. The predicted molar refractivity (Wildman–Crippen MR) is 103 cm³/mol. The van der Waals surface area contributed by atoms with E-state index in [9.17, 15) is 4.39 Å². The smallest absolute Gasteiger partial charge is 0.205 e. The molecule has 2 aromatic heterocycles. The van der Waals surface area contributed by atoms with Gasteiger partial charge in [0.1, 0.15) is 5.82 Å². The lowest BCUT2D eigenvalue weighted by molar-refractivity contribution is 0.529. The van der Waals surface area contributed by atoms with Crippen molar-refractivity contribution < 1.29 is 8.81 Å². The average Bonchev–Trinajstić information content (AvgIpc) is 3.28. The number of oxazole rings is 1. The third-order valence-corrected chi connectivity index (χ3v) is 5.16. The number of thioether (sulfide) groups is 1. The van der Waals surface area contributed by atoms with Crippen molar-refractivity contribution in [3.63, 3.8) is 0 Å². The van der Waals surface area contributed by atoms with Crippen LogP contribution in [-0.2, 0) is 12.8 Å². The molecule has 136 valence electrons. The Morgan fingerprint density at radius 3 is 2.70 bits per heavy atom. The molecule has 0 unspecified atom stereocenters. The second-order valence-corrected chi connectivity index (χ2v) is 7.17. The zero-order valence-corrected chi connectivity index (χ0v) is 15.8. The van der Waals surface area contributed by atoms with Crippen LogP contribution in [0, 0.1) is 5.82 Å².